The minimum absolute atomic E-state index is 0.0910. The Morgan fingerprint density at radius 1 is 1.50 bits per heavy atom. The molecule has 0 saturated heterocycles. The molecule has 1 saturated carbocycles. The molecule has 0 aromatic carbocycles. The third-order valence-electron chi connectivity index (χ3n) is 3.00. The van der Waals surface area contributed by atoms with E-state index in [1.54, 1.807) is 0 Å². The van der Waals surface area contributed by atoms with Crippen molar-refractivity contribution in [2.24, 2.45) is 5.92 Å². The monoisotopic (exact) mass is 236 g/mol. The van der Waals surface area contributed by atoms with Crippen LogP contribution in [-0.2, 0) is 0 Å². The van der Waals surface area contributed by atoms with Crippen molar-refractivity contribution in [2.45, 2.75) is 37.4 Å². The first-order chi connectivity index (χ1) is 7.43. The van der Waals surface area contributed by atoms with Crippen LogP contribution in [0.25, 0.3) is 0 Å². The predicted molar refractivity (Wildman–Crippen MR) is 51.4 cm³/mol. The number of aliphatic hydroxyl groups is 1. The highest BCUT2D eigenvalue weighted by Crippen LogP contribution is 2.41. The Labute approximate surface area is 92.3 Å². The highest BCUT2D eigenvalue weighted by Gasteiger charge is 2.47. The lowest BCUT2D eigenvalue weighted by Crippen LogP contribution is -2.50. The zero-order chi connectivity index (χ0) is 12.2. The lowest BCUT2D eigenvalue weighted by Gasteiger charge is -2.37. The smallest absolute Gasteiger partial charge is 0.391 e. The molecule has 2 N–H and O–H groups in total. The van der Waals surface area contributed by atoms with Crippen LogP contribution < -0.4 is 5.32 Å². The molecule has 16 heavy (non-hydrogen) atoms. The molecule has 2 unspecified atom stereocenters. The molecule has 2 atom stereocenters. The number of nitrogens with zero attached hydrogens (tertiary/aromatic N) is 1. The van der Waals surface area contributed by atoms with Crippen LogP contribution in [0.2, 0.25) is 0 Å². The second-order valence-corrected chi connectivity index (χ2v) is 4.18. The van der Waals surface area contributed by atoms with Crippen molar-refractivity contribution < 1.29 is 18.3 Å². The van der Waals surface area contributed by atoms with Crippen LogP contribution in [0, 0.1) is 17.2 Å². The number of hydrogen-bond acceptors (Lipinski definition) is 3. The summed E-state index contributed by atoms with van der Waals surface area (Å²) >= 11 is 0. The third-order valence-corrected chi connectivity index (χ3v) is 3.00. The van der Waals surface area contributed by atoms with Gasteiger partial charge in [0, 0.05) is 6.54 Å². The van der Waals surface area contributed by atoms with E-state index < -0.39 is 17.6 Å². The van der Waals surface area contributed by atoms with Crippen LogP contribution in [-0.4, -0.2) is 30.0 Å². The van der Waals surface area contributed by atoms with Gasteiger partial charge in [-0.1, -0.05) is 0 Å². The van der Waals surface area contributed by atoms with Crippen molar-refractivity contribution in [1.82, 2.24) is 5.32 Å². The average molecular weight is 236 g/mol. The van der Waals surface area contributed by atoms with Crippen LogP contribution in [0.5, 0.6) is 0 Å². The Morgan fingerprint density at radius 3 is 2.69 bits per heavy atom. The molecule has 0 aliphatic heterocycles. The van der Waals surface area contributed by atoms with E-state index in [9.17, 15) is 13.2 Å². The first kappa shape index (κ1) is 13.3. The molecule has 1 aliphatic carbocycles. The van der Waals surface area contributed by atoms with Crippen molar-refractivity contribution in [2.75, 3.05) is 13.2 Å². The third kappa shape index (κ3) is 3.09. The topological polar surface area (TPSA) is 56.0 Å². The lowest BCUT2D eigenvalue weighted by molar-refractivity contribution is -0.186. The molecule has 1 rings (SSSR count). The second-order valence-electron chi connectivity index (χ2n) is 4.18. The summed E-state index contributed by atoms with van der Waals surface area (Å²) in [5.74, 6) is -1.41. The fraction of sp³-hybridized carbons (Fsp3) is 0.900. The average Bonchev–Trinajstić information content (AvgIpc) is 2.25. The van der Waals surface area contributed by atoms with E-state index in [1.807, 2.05) is 6.07 Å². The van der Waals surface area contributed by atoms with E-state index in [2.05, 4.69) is 5.32 Å². The summed E-state index contributed by atoms with van der Waals surface area (Å²) in [6.07, 6.45) is -3.56. The standard InChI is InChI=1S/C10H15F3N2O/c11-10(12,13)8-2-1-3-9(6-8,7-14)15-4-5-16/h8,15-16H,1-6H2. The molecule has 1 fully saturated rings. The summed E-state index contributed by atoms with van der Waals surface area (Å²) < 4.78 is 37.7. The molecule has 0 aromatic heterocycles. The van der Waals surface area contributed by atoms with Crippen molar-refractivity contribution in [3.63, 3.8) is 0 Å². The summed E-state index contributed by atoms with van der Waals surface area (Å²) in [5, 5.41) is 20.4. The highest BCUT2D eigenvalue weighted by atomic mass is 19.4. The van der Waals surface area contributed by atoms with Crippen LogP contribution in [0.15, 0.2) is 0 Å². The van der Waals surface area contributed by atoms with Crippen LogP contribution >= 0.6 is 0 Å². The van der Waals surface area contributed by atoms with Crippen LogP contribution in [0.4, 0.5) is 13.2 Å². The second kappa shape index (κ2) is 5.02. The van der Waals surface area contributed by atoms with Gasteiger partial charge in [0.15, 0.2) is 0 Å². The minimum atomic E-state index is -4.23. The molecular formula is C10H15F3N2O. The van der Waals surface area contributed by atoms with E-state index in [-0.39, 0.29) is 26.0 Å². The summed E-state index contributed by atoms with van der Waals surface area (Å²) in [5.41, 5.74) is -1.12. The first-order valence-corrected chi connectivity index (χ1v) is 5.27. The first-order valence-electron chi connectivity index (χ1n) is 5.27. The van der Waals surface area contributed by atoms with Crippen LogP contribution in [0.1, 0.15) is 25.7 Å². The number of halogens is 3. The molecule has 3 nitrogen and oxygen atoms in total. The van der Waals surface area contributed by atoms with Gasteiger partial charge >= 0.3 is 6.18 Å². The van der Waals surface area contributed by atoms with Gasteiger partial charge in [-0.3, -0.25) is 5.32 Å². The van der Waals surface area contributed by atoms with Gasteiger partial charge in [0.05, 0.1) is 18.6 Å². The Hall–Kier alpha value is -0.800. The summed E-state index contributed by atoms with van der Waals surface area (Å²) in [6.45, 7) is -0.0295. The van der Waals surface area contributed by atoms with Gasteiger partial charge in [-0.25, -0.2) is 0 Å². The van der Waals surface area contributed by atoms with E-state index in [0.29, 0.717) is 12.8 Å². The van der Waals surface area contributed by atoms with Gasteiger partial charge in [-0.15, -0.1) is 0 Å². The molecule has 0 radical (unpaired) electrons. The molecular weight excluding hydrogens is 221 g/mol. The Morgan fingerprint density at radius 2 is 2.19 bits per heavy atom. The number of alkyl halides is 3. The van der Waals surface area contributed by atoms with Gasteiger partial charge in [0.1, 0.15) is 5.54 Å². The van der Waals surface area contributed by atoms with Crippen LogP contribution in [0.3, 0.4) is 0 Å². The Balaban J connectivity index is 2.69. The molecule has 6 heteroatoms. The van der Waals surface area contributed by atoms with Crippen molar-refractivity contribution in [3.8, 4) is 6.07 Å². The number of β-amino-alcohol motifs (C(OH)–C–C–N with tert-alkyl or cyclic N) is 1. The van der Waals surface area contributed by atoms with E-state index in [4.69, 9.17) is 10.4 Å². The number of nitriles is 1. The molecule has 0 aromatic rings. The highest BCUT2D eigenvalue weighted by molar-refractivity contribution is 5.10. The summed E-state index contributed by atoms with van der Waals surface area (Å²) in [4.78, 5) is 0. The minimum Gasteiger partial charge on any atom is -0.395 e. The van der Waals surface area contributed by atoms with E-state index in [0.717, 1.165) is 0 Å². The molecule has 0 heterocycles. The quantitative estimate of drug-likeness (QED) is 0.782. The fourth-order valence-electron chi connectivity index (χ4n) is 2.15. The molecule has 0 amide bonds. The van der Waals surface area contributed by atoms with Gasteiger partial charge in [0.2, 0.25) is 0 Å². The number of hydrogen-bond donors (Lipinski definition) is 2. The Kier molecular flexibility index (Phi) is 4.16. The number of rotatable bonds is 3. The lowest BCUT2D eigenvalue weighted by atomic mass is 9.76. The fourth-order valence-corrected chi connectivity index (χ4v) is 2.15. The van der Waals surface area contributed by atoms with Crippen molar-refractivity contribution >= 4 is 0 Å². The van der Waals surface area contributed by atoms with Gasteiger partial charge < -0.3 is 5.11 Å². The number of nitrogens with one attached hydrogen (secondary N) is 1. The zero-order valence-electron chi connectivity index (χ0n) is 8.85. The zero-order valence-corrected chi connectivity index (χ0v) is 8.85. The Bertz CT molecular complexity index is 274. The molecule has 1 aliphatic rings. The maximum Gasteiger partial charge on any atom is 0.391 e. The predicted octanol–water partition coefficient (Wildman–Crippen LogP) is 1.58. The van der Waals surface area contributed by atoms with Gasteiger partial charge in [0.25, 0.3) is 0 Å². The van der Waals surface area contributed by atoms with E-state index in [1.165, 1.54) is 0 Å². The maximum atomic E-state index is 12.6. The normalized spacial score (nSPS) is 31.1. The maximum absolute atomic E-state index is 12.6. The van der Waals surface area contributed by atoms with Gasteiger partial charge in [-0.05, 0) is 25.7 Å². The van der Waals surface area contributed by atoms with Gasteiger partial charge in [-0.2, -0.15) is 18.4 Å². The summed E-state index contributed by atoms with van der Waals surface area (Å²) in [6, 6.07) is 1.93. The SMILES string of the molecule is N#CC1(NCCO)CCCC(C(F)(F)F)C1. The van der Waals surface area contributed by atoms with E-state index >= 15 is 0 Å². The summed E-state index contributed by atoms with van der Waals surface area (Å²) in [7, 11) is 0. The molecule has 0 bridgehead atoms. The largest absolute Gasteiger partial charge is 0.395 e. The molecule has 0 spiro atoms. The van der Waals surface area contributed by atoms with Crippen molar-refractivity contribution in [3.05, 3.63) is 0 Å². The number of aliphatic hydroxyl groups excluding tert-OH is 1. The van der Waals surface area contributed by atoms with Crippen molar-refractivity contribution in [1.29, 1.82) is 5.26 Å². The molecule has 92 valence electrons.